The maximum atomic E-state index is 18.9. The van der Waals surface area contributed by atoms with Crippen molar-refractivity contribution >= 4 is 148 Å². The van der Waals surface area contributed by atoms with Crippen LogP contribution in [-0.4, -0.2) is 38.1 Å². The number of hydrogen-bond acceptors (Lipinski definition) is 11. The van der Waals surface area contributed by atoms with Crippen LogP contribution >= 0.6 is 79.7 Å². The fourth-order valence-electron chi connectivity index (χ4n) is 20.6. The van der Waals surface area contributed by atoms with Crippen molar-refractivity contribution in [3.05, 3.63) is 57.8 Å². The molecule has 0 saturated carbocycles. The molecule has 0 saturated heterocycles. The van der Waals surface area contributed by atoms with E-state index in [4.69, 9.17) is 18.2 Å². The van der Waals surface area contributed by atoms with Crippen LogP contribution in [0, 0.1) is 47.1 Å². The van der Waals surface area contributed by atoms with Crippen molar-refractivity contribution in [2.75, 3.05) is 13.2 Å². The number of halogens is 2. The highest BCUT2D eigenvalue weighted by Crippen LogP contribution is 2.57. The molecule has 6 atom stereocenters. The quantitative estimate of drug-likeness (QED) is 0.0281. The van der Waals surface area contributed by atoms with Gasteiger partial charge in [0.2, 0.25) is 0 Å². The molecule has 7 aromatic heterocycles. The number of fused-ring (bicyclic) bond motifs is 9. The van der Waals surface area contributed by atoms with Crippen LogP contribution in [0.4, 0.5) is 8.78 Å². The summed E-state index contributed by atoms with van der Waals surface area (Å²) in [7, 11) is -5.19. The number of hydrogen-bond donors (Lipinski definition) is 0. The van der Waals surface area contributed by atoms with Gasteiger partial charge in [0.15, 0.2) is 11.6 Å². The molecule has 11 rings (SSSR count). The minimum atomic E-state index is -2.71. The summed E-state index contributed by atoms with van der Waals surface area (Å²) in [5.74, 6) is 4.33. The lowest BCUT2D eigenvalue weighted by Gasteiger charge is -2.36. The van der Waals surface area contributed by atoms with Crippen molar-refractivity contribution in [3.63, 3.8) is 0 Å². The molecule has 660 valence electrons. The van der Waals surface area contributed by atoms with Gasteiger partial charge in [-0.25, -0.2) is 8.78 Å². The van der Waals surface area contributed by atoms with E-state index in [9.17, 15) is 0 Å². The Kier molecular flexibility index (Phi) is 38.2. The van der Waals surface area contributed by atoms with Gasteiger partial charge < -0.3 is 9.47 Å². The summed E-state index contributed by atoms with van der Waals surface area (Å²) in [6.07, 6.45) is 51.1. The number of ether oxygens (including phenoxy) is 2. The van der Waals surface area contributed by atoms with Crippen molar-refractivity contribution in [1.82, 2.24) is 8.75 Å². The molecule has 0 radical (unpaired) electrons. The highest BCUT2D eigenvalue weighted by molar-refractivity contribution is 7.34. The number of thiophene rings is 6. The van der Waals surface area contributed by atoms with Crippen molar-refractivity contribution < 1.29 is 18.3 Å². The van der Waals surface area contributed by atoms with Gasteiger partial charge in [-0.2, -0.15) is 8.75 Å². The Morgan fingerprint density at radius 2 is 0.672 bits per heavy atom. The first-order valence-corrected chi connectivity index (χ1v) is 59.8. The number of rotatable bonds is 60. The van der Waals surface area contributed by atoms with E-state index < -0.39 is 27.8 Å². The summed E-state index contributed by atoms with van der Waals surface area (Å²) in [4.78, 5) is 12.6. The van der Waals surface area contributed by atoms with E-state index in [-0.39, 0.29) is 5.41 Å². The van der Waals surface area contributed by atoms with Crippen molar-refractivity contribution in [2.45, 2.75) is 416 Å². The van der Waals surface area contributed by atoms with E-state index in [0.717, 1.165) is 65.5 Å². The molecule has 0 N–H and O–H groups in total. The normalized spacial score (nSPS) is 16.9. The maximum absolute atomic E-state index is 18.9. The zero-order chi connectivity index (χ0) is 84.8. The van der Waals surface area contributed by atoms with Gasteiger partial charge in [-0.3, -0.25) is 0 Å². The minimum Gasteiger partial charge on any atom is -0.491 e. The van der Waals surface area contributed by atoms with E-state index in [1.54, 1.807) is 33.0 Å². The third-order valence-electron chi connectivity index (χ3n) is 28.7. The van der Waals surface area contributed by atoms with E-state index in [1.807, 2.05) is 45.3 Å². The van der Waals surface area contributed by atoms with Crippen LogP contribution in [0.5, 0.6) is 11.5 Å². The van der Waals surface area contributed by atoms with Gasteiger partial charge in [0.1, 0.15) is 38.7 Å². The van der Waals surface area contributed by atoms with Crippen LogP contribution in [0.3, 0.4) is 0 Å². The van der Waals surface area contributed by atoms with E-state index in [1.165, 1.54) is 338 Å². The smallest absolute Gasteiger partial charge is 0.170 e. The Bertz CT molecular complexity index is 4430. The SMILES string of the molecule is CCCCCCCCC(CCCCCC)COc1c2cc(C(C)C)sc2c(OCC(CCCCCC)CCCCCCCC)c2cc(-c3cc4c(s3)-c3sc(-c5c(F)c(F)c(-c6cc7c(s6)-c6sc(C(C)(C)CC)cc6[Si]7(CC(CC)CCCC)CC(CC)CCCC)c6nsnc56)cc3[Si]4(CC(CC)CCCC)CC(CC)CCCC)sc12. The maximum Gasteiger partial charge on any atom is 0.170 e. The topological polar surface area (TPSA) is 44.2 Å². The summed E-state index contributed by atoms with van der Waals surface area (Å²) in [5, 5.41) is 8.66. The molecule has 6 unspecified atom stereocenters. The van der Waals surface area contributed by atoms with E-state index >= 15 is 8.78 Å². The molecular formula is C104H158F2N2O2S7Si2. The van der Waals surface area contributed by atoms with Gasteiger partial charge in [0, 0.05) is 59.5 Å². The van der Waals surface area contributed by atoms with Gasteiger partial charge in [0.05, 0.1) is 45.5 Å². The number of unbranched alkanes of at least 4 members (excludes halogenated alkanes) is 20. The van der Waals surface area contributed by atoms with Gasteiger partial charge in [-0.05, 0) is 160 Å². The molecule has 2 aromatic carbocycles. The predicted molar refractivity (Wildman–Crippen MR) is 538 cm³/mol. The van der Waals surface area contributed by atoms with Gasteiger partial charge in [-0.15, -0.1) is 68.0 Å². The lowest BCUT2D eigenvalue weighted by atomic mass is 9.89. The highest BCUT2D eigenvalue weighted by atomic mass is 32.1. The first-order valence-electron chi connectivity index (χ1n) is 49.3. The largest absolute Gasteiger partial charge is 0.491 e. The second-order valence-electron chi connectivity index (χ2n) is 38.4. The fourth-order valence-corrected chi connectivity index (χ4v) is 44.6. The average Bonchev–Trinajstić information content (AvgIpc) is 1.54. The third-order valence-corrected chi connectivity index (χ3v) is 48.8. The molecule has 4 nitrogen and oxygen atoms in total. The van der Waals surface area contributed by atoms with Gasteiger partial charge in [0.25, 0.3) is 0 Å². The Hall–Kier alpha value is -3.13. The molecule has 9 heterocycles. The Morgan fingerprint density at radius 1 is 0.353 bits per heavy atom. The van der Waals surface area contributed by atoms with Gasteiger partial charge >= 0.3 is 0 Å². The zero-order valence-corrected chi connectivity index (χ0v) is 85.3. The number of aromatic nitrogens is 2. The molecule has 119 heavy (non-hydrogen) atoms. The first kappa shape index (κ1) is 96.5. The van der Waals surface area contributed by atoms with E-state index in [2.05, 4.69) is 154 Å². The Labute approximate surface area is 753 Å². The summed E-state index contributed by atoms with van der Waals surface area (Å²) in [5.41, 5.74) is 1.70. The third kappa shape index (κ3) is 22.7. The average molecular weight is 1790 g/mol. The molecule has 15 heteroatoms. The molecule has 0 spiro atoms. The fraction of sp³-hybridized carbons (Fsp3) is 0.692. The van der Waals surface area contributed by atoms with Gasteiger partial charge in [-0.1, -0.05) is 349 Å². The van der Waals surface area contributed by atoms with E-state index in [0.29, 0.717) is 63.6 Å². The number of benzene rings is 2. The number of nitrogens with zero attached hydrogens (tertiary/aromatic N) is 2. The van der Waals surface area contributed by atoms with Crippen LogP contribution in [0.15, 0.2) is 36.4 Å². The summed E-state index contributed by atoms with van der Waals surface area (Å²) in [6.45, 7) is 41.9. The summed E-state index contributed by atoms with van der Waals surface area (Å²) < 4.78 is 65.9. The zero-order valence-electron chi connectivity index (χ0n) is 77.6. The molecule has 0 bridgehead atoms. The van der Waals surface area contributed by atoms with Crippen molar-refractivity contribution in [3.8, 4) is 61.6 Å². The Morgan fingerprint density at radius 3 is 1.05 bits per heavy atom. The molecule has 2 aliphatic heterocycles. The lowest BCUT2D eigenvalue weighted by molar-refractivity contribution is 0.226. The molecule has 2 aliphatic rings. The standard InChI is InChI=1S/C104H158F2N2O2S7Si2/c1-18-31-39-43-45-49-57-76(55-47-41-33-20-3)65-109-96-78-59-80(71(14)15)111-98(78)97(110-66-77(56-48-42-34-21-4)58-50-46-44-40-32-19-2)79-60-81(112-99(79)96)82-61-85-100(113-82)101-86(118(85,67-72(26-9)51-35-22-5)68-73(27-10)52-36-23-6)62-83(114-101)90-92(105)93(106)91(95-94(90)107-117-108-95)84-63-87-102(115-84)103-88(64-89(116-103)104(16,17)30-13)119(87,69-74(28-11)53-37-24-7)70-75(29-12)54-38-25-8/h59-64,71-77H,18-58,65-70H2,1-17H3. The summed E-state index contributed by atoms with van der Waals surface area (Å²) >= 11 is 12.5. The monoisotopic (exact) mass is 1780 g/mol. The van der Waals surface area contributed by atoms with Crippen LogP contribution in [-0.2, 0) is 5.41 Å². The predicted octanol–water partition coefficient (Wildman–Crippen LogP) is 35.8. The minimum absolute atomic E-state index is 0.0390. The molecule has 0 aliphatic carbocycles. The second-order valence-corrected chi connectivity index (χ2v) is 53.4. The highest BCUT2D eigenvalue weighted by Gasteiger charge is 2.53. The first-order chi connectivity index (χ1) is 57.8. The van der Waals surface area contributed by atoms with Crippen LogP contribution in [0.25, 0.3) is 81.3 Å². The van der Waals surface area contributed by atoms with Crippen LogP contribution in [0.1, 0.15) is 397 Å². The molecule has 0 fully saturated rings. The summed E-state index contributed by atoms with van der Waals surface area (Å²) in [6, 6.07) is 20.1. The van der Waals surface area contributed by atoms with Crippen LogP contribution < -0.4 is 30.2 Å². The Balaban J connectivity index is 1.09. The van der Waals surface area contributed by atoms with Crippen molar-refractivity contribution in [2.24, 2.45) is 35.5 Å². The van der Waals surface area contributed by atoms with Crippen LogP contribution in [0.2, 0.25) is 24.2 Å². The molecule has 9 aromatic rings. The second kappa shape index (κ2) is 47.1. The molecular weight excluding hydrogens is 1630 g/mol. The van der Waals surface area contributed by atoms with Crippen molar-refractivity contribution in [1.29, 1.82) is 0 Å². The molecule has 0 amide bonds. The lowest BCUT2D eigenvalue weighted by Crippen LogP contribution is -2.57.